The molecule has 0 fully saturated rings. The van der Waals surface area contributed by atoms with E-state index in [0.29, 0.717) is 22.1 Å². The average Bonchev–Trinajstić information content (AvgIpc) is 3.08. The minimum Gasteiger partial charge on any atom is -0.397 e. The van der Waals surface area contributed by atoms with Crippen molar-refractivity contribution in [1.29, 1.82) is 0 Å². The highest BCUT2D eigenvalue weighted by Crippen LogP contribution is 2.37. The van der Waals surface area contributed by atoms with Crippen LogP contribution in [0.25, 0.3) is 10.1 Å². The lowest BCUT2D eigenvalue weighted by atomic mass is 10.2. The third kappa shape index (κ3) is 2.88. The molecule has 1 aromatic carbocycles. The summed E-state index contributed by atoms with van der Waals surface area (Å²) in [7, 11) is 0. The number of nitrogen functional groups attached to an aromatic ring is 1. The molecule has 0 saturated heterocycles. The van der Waals surface area contributed by atoms with E-state index in [0.717, 1.165) is 21.5 Å². The highest BCUT2D eigenvalue weighted by Gasteiger charge is 2.17. The Hall–Kier alpha value is -1.63. The van der Waals surface area contributed by atoms with E-state index in [2.05, 4.69) is 10.3 Å². The molecule has 1 amide bonds. The number of thiophene rings is 1. The predicted octanol–water partition coefficient (Wildman–Crippen LogP) is 3.57. The standard InChI is InChI=1S/C14H12ClN3OS2/c15-8-2-1-3-9-11(8)12(16)13(21-9)14(19)18-5-4-10-17-6-7-20-10/h1-3,6-7H,4-5,16H2,(H,18,19). The predicted molar refractivity (Wildman–Crippen MR) is 89.4 cm³/mol. The smallest absolute Gasteiger partial charge is 0.263 e. The molecule has 2 aromatic heterocycles. The number of nitrogens with two attached hydrogens (primary N) is 1. The second-order valence-electron chi connectivity index (χ2n) is 4.39. The van der Waals surface area contributed by atoms with Crippen molar-refractivity contribution in [3.05, 3.63) is 44.7 Å². The van der Waals surface area contributed by atoms with E-state index < -0.39 is 0 Å². The molecular formula is C14H12ClN3OS2. The van der Waals surface area contributed by atoms with Gasteiger partial charge in [-0.1, -0.05) is 17.7 Å². The van der Waals surface area contributed by atoms with E-state index in [4.69, 9.17) is 17.3 Å². The number of rotatable bonds is 4. The molecule has 0 unspecified atom stereocenters. The number of nitrogens with one attached hydrogen (secondary N) is 1. The first-order valence-electron chi connectivity index (χ1n) is 6.30. The number of aromatic nitrogens is 1. The topological polar surface area (TPSA) is 68.0 Å². The summed E-state index contributed by atoms with van der Waals surface area (Å²) < 4.78 is 0.921. The Morgan fingerprint density at radius 1 is 1.43 bits per heavy atom. The molecule has 0 saturated carbocycles. The fourth-order valence-corrected chi connectivity index (χ4v) is 4.06. The van der Waals surface area contributed by atoms with Crippen LogP contribution < -0.4 is 11.1 Å². The summed E-state index contributed by atoms with van der Waals surface area (Å²) in [6.45, 7) is 0.535. The van der Waals surface area contributed by atoms with Crippen LogP contribution in [-0.2, 0) is 6.42 Å². The van der Waals surface area contributed by atoms with Crippen LogP contribution in [0, 0.1) is 0 Å². The maximum atomic E-state index is 12.2. The van der Waals surface area contributed by atoms with Gasteiger partial charge >= 0.3 is 0 Å². The van der Waals surface area contributed by atoms with E-state index >= 15 is 0 Å². The van der Waals surface area contributed by atoms with Gasteiger partial charge in [0.15, 0.2) is 0 Å². The quantitative estimate of drug-likeness (QED) is 0.764. The van der Waals surface area contributed by atoms with Crippen LogP contribution in [0.3, 0.4) is 0 Å². The molecular weight excluding hydrogens is 326 g/mol. The Balaban J connectivity index is 1.75. The van der Waals surface area contributed by atoms with Crippen LogP contribution in [0.2, 0.25) is 5.02 Å². The van der Waals surface area contributed by atoms with Crippen molar-refractivity contribution in [3.63, 3.8) is 0 Å². The van der Waals surface area contributed by atoms with Gasteiger partial charge in [0.25, 0.3) is 5.91 Å². The zero-order valence-electron chi connectivity index (χ0n) is 10.9. The minimum atomic E-state index is -0.165. The SMILES string of the molecule is Nc1c(C(=O)NCCc2nccs2)sc2cccc(Cl)c12. The second-order valence-corrected chi connectivity index (χ2v) is 6.83. The zero-order valence-corrected chi connectivity index (χ0v) is 13.3. The van der Waals surface area contributed by atoms with Gasteiger partial charge in [-0.3, -0.25) is 4.79 Å². The summed E-state index contributed by atoms with van der Waals surface area (Å²) in [4.78, 5) is 16.9. The molecule has 21 heavy (non-hydrogen) atoms. The maximum Gasteiger partial charge on any atom is 0.263 e. The van der Waals surface area contributed by atoms with Crippen LogP contribution in [0.4, 0.5) is 5.69 Å². The van der Waals surface area contributed by atoms with Gasteiger partial charge in [0.05, 0.1) is 15.7 Å². The fraction of sp³-hybridized carbons (Fsp3) is 0.143. The van der Waals surface area contributed by atoms with Crippen LogP contribution in [0.15, 0.2) is 29.8 Å². The van der Waals surface area contributed by atoms with Crippen molar-refractivity contribution in [3.8, 4) is 0 Å². The lowest BCUT2D eigenvalue weighted by Crippen LogP contribution is -2.25. The van der Waals surface area contributed by atoms with Gasteiger partial charge in [-0.25, -0.2) is 4.98 Å². The highest BCUT2D eigenvalue weighted by molar-refractivity contribution is 7.21. The Kier molecular flexibility index (Phi) is 4.10. The molecule has 7 heteroatoms. The summed E-state index contributed by atoms with van der Waals surface area (Å²) in [6, 6.07) is 5.54. The molecule has 0 aliphatic rings. The lowest BCUT2D eigenvalue weighted by molar-refractivity contribution is 0.0959. The van der Waals surface area contributed by atoms with Crippen molar-refractivity contribution in [2.45, 2.75) is 6.42 Å². The number of halogens is 1. The van der Waals surface area contributed by atoms with Crippen LogP contribution >= 0.6 is 34.3 Å². The molecule has 0 aliphatic heterocycles. The van der Waals surface area contributed by atoms with Gasteiger partial charge in [0, 0.05) is 34.6 Å². The first-order valence-corrected chi connectivity index (χ1v) is 8.37. The van der Waals surface area contributed by atoms with E-state index in [1.54, 1.807) is 23.6 Å². The van der Waals surface area contributed by atoms with Gasteiger partial charge in [0.1, 0.15) is 4.88 Å². The molecule has 0 bridgehead atoms. The Labute approximate surface area is 134 Å². The number of benzene rings is 1. The first-order chi connectivity index (χ1) is 10.2. The zero-order chi connectivity index (χ0) is 14.8. The van der Waals surface area contributed by atoms with Crippen molar-refractivity contribution in [2.24, 2.45) is 0 Å². The van der Waals surface area contributed by atoms with Gasteiger partial charge in [0.2, 0.25) is 0 Å². The van der Waals surface area contributed by atoms with Gasteiger partial charge < -0.3 is 11.1 Å². The van der Waals surface area contributed by atoms with Crippen molar-refractivity contribution < 1.29 is 4.79 Å². The molecule has 108 valence electrons. The Morgan fingerprint density at radius 2 is 2.29 bits per heavy atom. The third-order valence-electron chi connectivity index (χ3n) is 3.02. The number of anilines is 1. The fourth-order valence-electron chi connectivity index (χ4n) is 2.04. The van der Waals surface area contributed by atoms with Gasteiger partial charge in [-0.15, -0.1) is 22.7 Å². The molecule has 3 rings (SSSR count). The molecule has 4 nitrogen and oxygen atoms in total. The summed E-state index contributed by atoms with van der Waals surface area (Å²) in [5.41, 5.74) is 6.51. The normalized spacial score (nSPS) is 10.9. The number of fused-ring (bicyclic) bond motifs is 1. The number of hydrogen-bond donors (Lipinski definition) is 2. The molecule has 0 atom stereocenters. The van der Waals surface area contributed by atoms with E-state index in [9.17, 15) is 4.79 Å². The van der Waals surface area contributed by atoms with E-state index in [1.165, 1.54) is 11.3 Å². The Bertz CT molecular complexity index is 783. The summed E-state index contributed by atoms with van der Waals surface area (Å²) in [6.07, 6.45) is 2.47. The highest BCUT2D eigenvalue weighted by atomic mass is 35.5. The second kappa shape index (κ2) is 6.01. The molecule has 0 radical (unpaired) electrons. The van der Waals surface area contributed by atoms with Crippen molar-refractivity contribution in [1.82, 2.24) is 10.3 Å². The van der Waals surface area contributed by atoms with Gasteiger partial charge in [-0.2, -0.15) is 0 Å². The van der Waals surface area contributed by atoms with Crippen LogP contribution in [-0.4, -0.2) is 17.4 Å². The average molecular weight is 338 g/mol. The molecule has 0 aliphatic carbocycles. The summed E-state index contributed by atoms with van der Waals surface area (Å²) in [5, 5.41) is 7.13. The third-order valence-corrected chi connectivity index (χ3v) is 5.34. The first kappa shape index (κ1) is 14.3. The number of thiazole rings is 1. The summed E-state index contributed by atoms with van der Waals surface area (Å²) in [5.74, 6) is -0.165. The Morgan fingerprint density at radius 3 is 3.00 bits per heavy atom. The molecule has 3 aromatic rings. The number of nitrogens with zero attached hydrogens (tertiary/aromatic N) is 1. The molecule has 0 spiro atoms. The number of carbonyl (C=O) groups is 1. The number of carbonyl (C=O) groups excluding carboxylic acids is 1. The van der Waals surface area contributed by atoms with Crippen molar-refractivity contribution >= 4 is 56.0 Å². The monoisotopic (exact) mass is 337 g/mol. The van der Waals surface area contributed by atoms with Crippen LogP contribution in [0.5, 0.6) is 0 Å². The van der Waals surface area contributed by atoms with E-state index in [-0.39, 0.29) is 5.91 Å². The lowest BCUT2D eigenvalue weighted by Gasteiger charge is -2.03. The van der Waals surface area contributed by atoms with Crippen molar-refractivity contribution in [2.75, 3.05) is 12.3 Å². The minimum absolute atomic E-state index is 0.165. The molecule has 3 N–H and O–H groups in total. The summed E-state index contributed by atoms with van der Waals surface area (Å²) >= 11 is 9.08. The number of hydrogen-bond acceptors (Lipinski definition) is 5. The van der Waals surface area contributed by atoms with E-state index in [1.807, 2.05) is 17.5 Å². The van der Waals surface area contributed by atoms with Crippen LogP contribution in [0.1, 0.15) is 14.7 Å². The largest absolute Gasteiger partial charge is 0.397 e. The number of amides is 1. The maximum absolute atomic E-state index is 12.2. The van der Waals surface area contributed by atoms with Gasteiger partial charge in [-0.05, 0) is 12.1 Å². The molecule has 2 heterocycles.